The van der Waals surface area contributed by atoms with Gasteiger partial charge < -0.3 is 10.1 Å². The molecule has 5 nitrogen and oxygen atoms in total. The molecule has 2 atom stereocenters. The van der Waals surface area contributed by atoms with Gasteiger partial charge in [-0.25, -0.2) is 4.98 Å². The number of thiazole rings is 1. The fraction of sp³-hybridized carbons (Fsp3) is 0.750. The normalized spacial score (nSPS) is 31.9. The first-order valence-corrected chi connectivity index (χ1v) is 9.15. The number of ether oxygens (including phenoxy) is 1. The highest BCUT2D eigenvalue weighted by atomic mass is 32.1. The monoisotopic (exact) mass is 321 g/mol. The summed E-state index contributed by atoms with van der Waals surface area (Å²) < 4.78 is 5.89. The number of amides is 1. The second kappa shape index (κ2) is 5.91. The molecule has 0 radical (unpaired) electrons. The molecule has 22 heavy (non-hydrogen) atoms. The van der Waals surface area contributed by atoms with Gasteiger partial charge >= 0.3 is 0 Å². The minimum atomic E-state index is -0.343. The Kier molecular flexibility index (Phi) is 3.92. The second-order valence-corrected chi connectivity index (χ2v) is 7.82. The maximum absolute atomic E-state index is 12.9. The van der Waals surface area contributed by atoms with Crippen molar-refractivity contribution in [2.75, 3.05) is 26.2 Å². The molecule has 1 aliphatic carbocycles. The van der Waals surface area contributed by atoms with Crippen LogP contribution in [0.5, 0.6) is 0 Å². The smallest absolute Gasteiger partial charge is 0.230 e. The lowest BCUT2D eigenvalue weighted by Gasteiger charge is -2.42. The zero-order valence-corrected chi connectivity index (χ0v) is 13.6. The van der Waals surface area contributed by atoms with Gasteiger partial charge in [0, 0.05) is 37.8 Å². The molecule has 3 fully saturated rings. The molecule has 2 aliphatic heterocycles. The van der Waals surface area contributed by atoms with Gasteiger partial charge in [-0.05, 0) is 31.6 Å². The van der Waals surface area contributed by atoms with Gasteiger partial charge in [-0.1, -0.05) is 0 Å². The van der Waals surface area contributed by atoms with E-state index in [1.807, 2.05) is 11.6 Å². The quantitative estimate of drug-likeness (QED) is 0.896. The van der Waals surface area contributed by atoms with Crippen molar-refractivity contribution in [1.29, 1.82) is 0 Å². The van der Waals surface area contributed by atoms with E-state index in [1.165, 1.54) is 12.8 Å². The Morgan fingerprint density at radius 1 is 1.50 bits per heavy atom. The van der Waals surface area contributed by atoms with E-state index in [9.17, 15) is 4.79 Å². The Morgan fingerprint density at radius 2 is 2.41 bits per heavy atom. The molecule has 1 N–H and O–H groups in total. The fourth-order valence-corrected chi connectivity index (χ4v) is 4.40. The van der Waals surface area contributed by atoms with Crippen LogP contribution in [-0.4, -0.2) is 48.1 Å². The van der Waals surface area contributed by atoms with Crippen LogP contribution in [0.2, 0.25) is 0 Å². The third kappa shape index (κ3) is 2.79. The summed E-state index contributed by atoms with van der Waals surface area (Å²) in [7, 11) is 0. The van der Waals surface area contributed by atoms with Crippen LogP contribution in [0.15, 0.2) is 11.6 Å². The molecule has 1 aromatic heterocycles. The maximum atomic E-state index is 12.9. The summed E-state index contributed by atoms with van der Waals surface area (Å²) in [5, 5.41) is 6.34. The molecule has 3 aliphatic rings. The van der Waals surface area contributed by atoms with Crippen molar-refractivity contribution in [3.05, 3.63) is 16.6 Å². The van der Waals surface area contributed by atoms with Crippen molar-refractivity contribution < 1.29 is 9.53 Å². The molecule has 0 unspecified atom stereocenters. The molecule has 0 bridgehead atoms. The number of aromatic nitrogens is 1. The minimum Gasteiger partial charge on any atom is -0.377 e. The molecule has 0 spiro atoms. The van der Waals surface area contributed by atoms with Gasteiger partial charge in [0.1, 0.15) is 5.01 Å². The van der Waals surface area contributed by atoms with Gasteiger partial charge in [0.25, 0.3) is 0 Å². The summed E-state index contributed by atoms with van der Waals surface area (Å²) in [6.07, 6.45) is 6.28. The number of carbonyl (C=O) groups excluding carboxylic acids is 1. The van der Waals surface area contributed by atoms with Crippen LogP contribution in [0.1, 0.15) is 30.7 Å². The molecule has 4 rings (SSSR count). The van der Waals surface area contributed by atoms with Crippen molar-refractivity contribution in [2.24, 2.45) is 11.3 Å². The fourth-order valence-electron chi connectivity index (χ4n) is 3.75. The summed E-state index contributed by atoms with van der Waals surface area (Å²) in [6.45, 7) is 4.20. The lowest BCUT2D eigenvalue weighted by Crippen LogP contribution is -2.57. The lowest BCUT2D eigenvalue weighted by molar-refractivity contribution is -0.139. The highest BCUT2D eigenvalue weighted by Gasteiger charge is 2.53. The highest BCUT2D eigenvalue weighted by molar-refractivity contribution is 7.09. The van der Waals surface area contributed by atoms with E-state index < -0.39 is 0 Å². The van der Waals surface area contributed by atoms with Crippen molar-refractivity contribution in [2.45, 2.75) is 38.3 Å². The first kappa shape index (κ1) is 14.6. The number of piperidine rings is 1. The standard InChI is InChI=1S/C16H23N3O2S/c20-15(18-9-12-1-2-12)16-4-7-21-13(16)3-6-19(11-16)10-14-17-5-8-22-14/h5,8,12-13H,1-4,6-7,9-11H2,(H,18,20)/t13-,16-/m0/s1. The Bertz CT molecular complexity index is 532. The molecule has 2 saturated heterocycles. The number of hydrogen-bond donors (Lipinski definition) is 1. The van der Waals surface area contributed by atoms with Gasteiger partial charge in [-0.3, -0.25) is 9.69 Å². The summed E-state index contributed by atoms with van der Waals surface area (Å²) in [5.41, 5.74) is -0.343. The highest BCUT2D eigenvalue weighted by Crippen LogP contribution is 2.41. The molecule has 3 heterocycles. The molecule has 6 heteroatoms. The molecule has 120 valence electrons. The largest absolute Gasteiger partial charge is 0.377 e. The summed E-state index contributed by atoms with van der Waals surface area (Å²) >= 11 is 1.69. The topological polar surface area (TPSA) is 54.5 Å². The average molecular weight is 321 g/mol. The predicted octanol–water partition coefficient (Wildman–Crippen LogP) is 1.65. The van der Waals surface area contributed by atoms with E-state index in [1.54, 1.807) is 11.3 Å². The summed E-state index contributed by atoms with van der Waals surface area (Å²) in [5.74, 6) is 0.932. The molecular weight excluding hydrogens is 298 g/mol. The first-order valence-electron chi connectivity index (χ1n) is 8.27. The molecular formula is C16H23N3O2S. The van der Waals surface area contributed by atoms with Gasteiger partial charge in [0.2, 0.25) is 5.91 Å². The number of hydrogen-bond acceptors (Lipinski definition) is 5. The summed E-state index contributed by atoms with van der Waals surface area (Å²) in [4.78, 5) is 19.6. The van der Waals surface area contributed by atoms with Crippen molar-refractivity contribution in [1.82, 2.24) is 15.2 Å². The number of nitrogens with one attached hydrogen (secondary N) is 1. The third-order valence-corrected chi connectivity index (χ3v) is 6.00. The Morgan fingerprint density at radius 3 is 3.18 bits per heavy atom. The minimum absolute atomic E-state index is 0.0965. The Hall–Kier alpha value is -0.980. The SMILES string of the molecule is O=C(NCC1CC1)[C@]12CCO[C@H]1CCN(Cc1nccs1)C2. The average Bonchev–Trinajstić information content (AvgIpc) is 3.03. The number of fused-ring (bicyclic) bond motifs is 1. The number of rotatable bonds is 5. The Labute approximate surface area is 135 Å². The van der Waals surface area contributed by atoms with Crippen molar-refractivity contribution >= 4 is 17.2 Å². The van der Waals surface area contributed by atoms with Crippen LogP contribution < -0.4 is 5.32 Å². The molecule has 1 amide bonds. The van der Waals surface area contributed by atoms with Crippen molar-refractivity contribution in [3.63, 3.8) is 0 Å². The van der Waals surface area contributed by atoms with Gasteiger partial charge in [-0.2, -0.15) is 0 Å². The van der Waals surface area contributed by atoms with Crippen LogP contribution in [0.3, 0.4) is 0 Å². The van der Waals surface area contributed by atoms with E-state index in [2.05, 4.69) is 15.2 Å². The maximum Gasteiger partial charge on any atom is 0.230 e. The molecule has 1 aromatic rings. The van der Waals surface area contributed by atoms with E-state index in [0.29, 0.717) is 6.61 Å². The number of likely N-dealkylation sites (tertiary alicyclic amines) is 1. The number of nitrogens with zero attached hydrogens (tertiary/aromatic N) is 2. The first-order chi connectivity index (χ1) is 10.8. The Balaban J connectivity index is 1.45. The van der Waals surface area contributed by atoms with Gasteiger partial charge in [0.15, 0.2) is 0 Å². The van der Waals surface area contributed by atoms with Crippen LogP contribution >= 0.6 is 11.3 Å². The third-order valence-electron chi connectivity index (χ3n) is 5.24. The van der Waals surface area contributed by atoms with E-state index in [0.717, 1.165) is 49.9 Å². The van der Waals surface area contributed by atoms with Crippen molar-refractivity contribution in [3.8, 4) is 0 Å². The zero-order valence-electron chi connectivity index (χ0n) is 12.8. The van der Waals surface area contributed by atoms with Gasteiger partial charge in [0.05, 0.1) is 18.1 Å². The van der Waals surface area contributed by atoms with Crippen LogP contribution in [0, 0.1) is 11.3 Å². The van der Waals surface area contributed by atoms with E-state index >= 15 is 0 Å². The van der Waals surface area contributed by atoms with Crippen LogP contribution in [0.25, 0.3) is 0 Å². The summed E-state index contributed by atoms with van der Waals surface area (Å²) in [6, 6.07) is 0. The van der Waals surface area contributed by atoms with Crippen LogP contribution in [0.4, 0.5) is 0 Å². The second-order valence-electron chi connectivity index (χ2n) is 6.84. The molecule has 1 saturated carbocycles. The lowest BCUT2D eigenvalue weighted by atomic mass is 9.75. The van der Waals surface area contributed by atoms with E-state index in [-0.39, 0.29) is 17.4 Å². The van der Waals surface area contributed by atoms with E-state index in [4.69, 9.17) is 4.74 Å². The van der Waals surface area contributed by atoms with Gasteiger partial charge in [-0.15, -0.1) is 11.3 Å². The molecule has 0 aromatic carbocycles. The van der Waals surface area contributed by atoms with Crippen LogP contribution in [-0.2, 0) is 16.1 Å². The zero-order chi connectivity index (χ0) is 15.0. The predicted molar refractivity (Wildman–Crippen MR) is 84.5 cm³/mol. The number of carbonyl (C=O) groups is 1.